The standard InChI is InChI=1S/C20H19ClN2O2S/c1-13-5-6-16-17(11-13)26-19(22-16)23-18(24)20(7-9-25-10-8-20)14-3-2-4-15(21)12-14/h2-6,11-12H,7-10H2,1H3,(H,22,23,24). The molecule has 0 unspecified atom stereocenters. The van der Waals surface area contributed by atoms with Gasteiger partial charge in [-0.25, -0.2) is 4.98 Å². The molecule has 26 heavy (non-hydrogen) atoms. The highest BCUT2D eigenvalue weighted by molar-refractivity contribution is 7.22. The van der Waals surface area contributed by atoms with Crippen LogP contribution in [0.25, 0.3) is 10.2 Å². The van der Waals surface area contributed by atoms with Gasteiger partial charge in [-0.15, -0.1) is 0 Å². The van der Waals surface area contributed by atoms with Gasteiger partial charge in [-0.3, -0.25) is 4.79 Å². The van der Waals surface area contributed by atoms with Crippen molar-refractivity contribution in [2.75, 3.05) is 18.5 Å². The summed E-state index contributed by atoms with van der Waals surface area (Å²) in [5.41, 5.74) is 2.37. The van der Waals surface area contributed by atoms with Crippen LogP contribution in [0.4, 0.5) is 5.13 Å². The highest BCUT2D eigenvalue weighted by atomic mass is 35.5. The number of nitrogens with zero attached hydrogens (tertiary/aromatic N) is 1. The van der Waals surface area contributed by atoms with Crippen LogP contribution in [0.5, 0.6) is 0 Å². The maximum absolute atomic E-state index is 13.3. The molecule has 0 spiro atoms. The number of amides is 1. The fourth-order valence-corrected chi connectivity index (χ4v) is 4.60. The second kappa shape index (κ2) is 6.99. The van der Waals surface area contributed by atoms with E-state index in [-0.39, 0.29) is 5.91 Å². The van der Waals surface area contributed by atoms with Gasteiger partial charge in [-0.1, -0.05) is 41.1 Å². The van der Waals surface area contributed by atoms with E-state index in [0.717, 1.165) is 15.8 Å². The number of carbonyl (C=O) groups is 1. The predicted molar refractivity (Wildman–Crippen MR) is 106 cm³/mol. The van der Waals surface area contributed by atoms with Gasteiger partial charge in [-0.05, 0) is 55.2 Å². The molecule has 0 saturated carbocycles. The molecule has 1 fully saturated rings. The van der Waals surface area contributed by atoms with E-state index < -0.39 is 5.41 Å². The molecule has 6 heteroatoms. The van der Waals surface area contributed by atoms with Crippen molar-refractivity contribution in [3.05, 3.63) is 58.6 Å². The smallest absolute Gasteiger partial charge is 0.236 e. The lowest BCUT2D eigenvalue weighted by Gasteiger charge is -2.36. The molecule has 1 amide bonds. The van der Waals surface area contributed by atoms with Gasteiger partial charge in [-0.2, -0.15) is 0 Å². The molecule has 0 atom stereocenters. The Kier molecular flexibility index (Phi) is 4.69. The van der Waals surface area contributed by atoms with Gasteiger partial charge in [0.05, 0.1) is 15.6 Å². The molecule has 2 heterocycles. The number of carbonyl (C=O) groups excluding carboxylic acids is 1. The van der Waals surface area contributed by atoms with E-state index in [4.69, 9.17) is 16.3 Å². The quantitative estimate of drug-likeness (QED) is 0.693. The summed E-state index contributed by atoms with van der Waals surface area (Å²) in [7, 11) is 0. The van der Waals surface area contributed by atoms with Crippen molar-refractivity contribution >= 4 is 44.2 Å². The number of hydrogen-bond acceptors (Lipinski definition) is 4. The summed E-state index contributed by atoms with van der Waals surface area (Å²) in [4.78, 5) is 17.9. The SMILES string of the molecule is Cc1ccc2nc(NC(=O)C3(c4cccc(Cl)c4)CCOCC3)sc2c1. The Labute approximate surface area is 161 Å². The number of fused-ring (bicyclic) bond motifs is 1. The molecule has 1 saturated heterocycles. The van der Waals surface area contributed by atoms with Gasteiger partial charge in [0, 0.05) is 18.2 Å². The summed E-state index contributed by atoms with van der Waals surface area (Å²) in [6.07, 6.45) is 1.26. The van der Waals surface area contributed by atoms with Gasteiger partial charge in [0.25, 0.3) is 0 Å². The zero-order chi connectivity index (χ0) is 18.1. The van der Waals surface area contributed by atoms with E-state index in [2.05, 4.69) is 16.4 Å². The van der Waals surface area contributed by atoms with E-state index in [1.807, 2.05) is 43.3 Å². The number of ether oxygens (including phenoxy) is 1. The Morgan fingerprint density at radius 3 is 2.81 bits per heavy atom. The van der Waals surface area contributed by atoms with E-state index >= 15 is 0 Å². The Morgan fingerprint density at radius 2 is 2.04 bits per heavy atom. The van der Waals surface area contributed by atoms with Gasteiger partial charge >= 0.3 is 0 Å². The van der Waals surface area contributed by atoms with E-state index in [0.29, 0.717) is 36.2 Å². The topological polar surface area (TPSA) is 51.2 Å². The molecule has 0 aliphatic carbocycles. The molecule has 4 rings (SSSR count). The number of aryl methyl sites for hydroxylation is 1. The molecule has 134 valence electrons. The third-order valence-corrected chi connectivity index (χ3v) is 6.09. The molecule has 4 nitrogen and oxygen atoms in total. The number of rotatable bonds is 3. The first-order valence-electron chi connectivity index (χ1n) is 8.59. The second-order valence-corrected chi connectivity index (χ2v) is 8.12. The van der Waals surface area contributed by atoms with Crippen LogP contribution < -0.4 is 5.32 Å². The van der Waals surface area contributed by atoms with Crippen molar-refractivity contribution in [1.82, 2.24) is 4.98 Å². The monoisotopic (exact) mass is 386 g/mol. The highest BCUT2D eigenvalue weighted by Gasteiger charge is 2.42. The van der Waals surface area contributed by atoms with Crippen molar-refractivity contribution in [2.24, 2.45) is 0 Å². The van der Waals surface area contributed by atoms with Crippen molar-refractivity contribution in [2.45, 2.75) is 25.2 Å². The third-order valence-electron chi connectivity index (χ3n) is 4.92. The molecular weight excluding hydrogens is 368 g/mol. The first kappa shape index (κ1) is 17.5. The Bertz CT molecular complexity index is 963. The molecule has 0 radical (unpaired) electrons. The summed E-state index contributed by atoms with van der Waals surface area (Å²) in [5.74, 6) is -0.0427. The molecule has 2 aromatic carbocycles. The van der Waals surface area contributed by atoms with Crippen LogP contribution in [0.3, 0.4) is 0 Å². The first-order valence-corrected chi connectivity index (χ1v) is 9.79. The zero-order valence-corrected chi connectivity index (χ0v) is 16.0. The van der Waals surface area contributed by atoms with Crippen molar-refractivity contribution in [1.29, 1.82) is 0 Å². The fraction of sp³-hybridized carbons (Fsp3) is 0.300. The number of aromatic nitrogens is 1. The minimum Gasteiger partial charge on any atom is -0.381 e. The maximum Gasteiger partial charge on any atom is 0.236 e. The molecule has 1 N–H and O–H groups in total. The van der Waals surface area contributed by atoms with Gasteiger partial charge in [0.15, 0.2) is 5.13 Å². The van der Waals surface area contributed by atoms with E-state index in [1.54, 1.807) is 0 Å². The number of halogens is 1. The van der Waals surface area contributed by atoms with Crippen molar-refractivity contribution in [3.8, 4) is 0 Å². The zero-order valence-electron chi connectivity index (χ0n) is 14.4. The largest absolute Gasteiger partial charge is 0.381 e. The summed E-state index contributed by atoms with van der Waals surface area (Å²) < 4.78 is 6.59. The Hall–Kier alpha value is -1.95. The maximum atomic E-state index is 13.3. The molecule has 1 aliphatic rings. The second-order valence-electron chi connectivity index (χ2n) is 6.65. The minimum atomic E-state index is -0.642. The fourth-order valence-electron chi connectivity index (χ4n) is 3.45. The number of nitrogens with one attached hydrogen (secondary N) is 1. The first-order chi connectivity index (χ1) is 12.6. The van der Waals surface area contributed by atoms with Crippen LogP contribution in [0.15, 0.2) is 42.5 Å². The van der Waals surface area contributed by atoms with Gasteiger partial charge in [0.2, 0.25) is 5.91 Å². The highest BCUT2D eigenvalue weighted by Crippen LogP contribution is 2.38. The number of benzene rings is 2. The lowest BCUT2D eigenvalue weighted by atomic mass is 9.73. The van der Waals surface area contributed by atoms with Crippen LogP contribution in [0, 0.1) is 6.92 Å². The summed E-state index contributed by atoms with van der Waals surface area (Å²) in [6, 6.07) is 13.7. The average Bonchev–Trinajstić information content (AvgIpc) is 3.03. The van der Waals surface area contributed by atoms with E-state index in [9.17, 15) is 4.79 Å². The number of thiazole rings is 1. The Morgan fingerprint density at radius 1 is 1.23 bits per heavy atom. The normalized spacial score (nSPS) is 16.5. The van der Waals surface area contributed by atoms with Crippen LogP contribution in [-0.2, 0) is 14.9 Å². The lowest BCUT2D eigenvalue weighted by molar-refractivity contribution is -0.125. The van der Waals surface area contributed by atoms with E-state index in [1.165, 1.54) is 16.9 Å². The van der Waals surface area contributed by atoms with Gasteiger partial charge < -0.3 is 10.1 Å². The van der Waals surface area contributed by atoms with Crippen LogP contribution in [0.1, 0.15) is 24.0 Å². The minimum absolute atomic E-state index is 0.0427. The van der Waals surface area contributed by atoms with Gasteiger partial charge in [0.1, 0.15) is 0 Å². The molecule has 1 aromatic heterocycles. The van der Waals surface area contributed by atoms with Crippen molar-refractivity contribution in [3.63, 3.8) is 0 Å². The molecule has 3 aromatic rings. The third kappa shape index (κ3) is 3.22. The molecule has 0 bridgehead atoms. The Balaban J connectivity index is 1.67. The van der Waals surface area contributed by atoms with Crippen LogP contribution in [-0.4, -0.2) is 24.1 Å². The lowest BCUT2D eigenvalue weighted by Crippen LogP contribution is -2.44. The number of anilines is 1. The average molecular weight is 387 g/mol. The van der Waals surface area contributed by atoms with Crippen LogP contribution >= 0.6 is 22.9 Å². The summed E-state index contributed by atoms with van der Waals surface area (Å²) in [6.45, 7) is 3.16. The summed E-state index contributed by atoms with van der Waals surface area (Å²) in [5, 5.41) is 4.31. The molecular formula is C20H19ClN2O2S. The predicted octanol–water partition coefficient (Wildman–Crippen LogP) is 4.95. The van der Waals surface area contributed by atoms with Crippen LogP contribution in [0.2, 0.25) is 5.02 Å². The molecule has 1 aliphatic heterocycles. The van der Waals surface area contributed by atoms with Crippen molar-refractivity contribution < 1.29 is 9.53 Å². The number of hydrogen-bond donors (Lipinski definition) is 1. The summed E-state index contributed by atoms with van der Waals surface area (Å²) >= 11 is 7.69.